The van der Waals surface area contributed by atoms with E-state index in [-0.39, 0.29) is 18.1 Å². The van der Waals surface area contributed by atoms with Crippen molar-refractivity contribution in [3.8, 4) is 0 Å². The number of hydrogen-bond donors (Lipinski definition) is 1. The van der Waals surface area contributed by atoms with Crippen molar-refractivity contribution in [1.82, 2.24) is 5.32 Å². The summed E-state index contributed by atoms with van der Waals surface area (Å²) >= 11 is 4.80. The van der Waals surface area contributed by atoms with Gasteiger partial charge in [0.2, 0.25) is 0 Å². The second kappa shape index (κ2) is 5.55. The number of aliphatic imine (C=N–C) groups is 1. The molecule has 88 valence electrons. The van der Waals surface area contributed by atoms with Crippen LogP contribution >= 0.6 is 12.2 Å². The smallest absolute Gasteiger partial charge is 0.334 e. The van der Waals surface area contributed by atoms with Gasteiger partial charge in [0, 0.05) is 0 Å². The molecule has 1 N–H and O–H groups in total. The molecule has 0 fully saturated rings. The first-order valence-electron chi connectivity index (χ1n) is 4.69. The Labute approximate surface area is 98.0 Å². The van der Waals surface area contributed by atoms with Crippen LogP contribution in [0.3, 0.4) is 0 Å². The molecule has 1 aliphatic rings. The zero-order valence-electron chi connectivity index (χ0n) is 8.98. The molecule has 0 radical (unpaired) electrons. The molecule has 1 rings (SSSR count). The van der Waals surface area contributed by atoms with Gasteiger partial charge in [0.15, 0.2) is 11.2 Å². The molecular weight excluding hydrogens is 232 g/mol. The third-order valence-electron chi connectivity index (χ3n) is 1.91. The van der Waals surface area contributed by atoms with Gasteiger partial charge >= 0.3 is 11.9 Å². The molecule has 6 nitrogen and oxygen atoms in total. The molecule has 16 heavy (non-hydrogen) atoms. The standard InChI is InChI=1S/C9H12N2O4S/c1-3-15-6(12)4-5-7(8(13)14-2)11-9(16)10-5/h7H,3-4H2,1-2H3,(H,11,16). The van der Waals surface area contributed by atoms with Crippen molar-refractivity contribution >= 4 is 35.0 Å². The number of thiocarbonyl (C=S) groups is 1. The average molecular weight is 244 g/mol. The number of carbonyl (C=O) groups excluding carboxylic acids is 2. The number of carbonyl (C=O) groups is 2. The summed E-state index contributed by atoms with van der Waals surface area (Å²) in [5.74, 6) is -0.968. The lowest BCUT2D eigenvalue weighted by Gasteiger charge is -2.10. The van der Waals surface area contributed by atoms with Gasteiger partial charge in [0.05, 0.1) is 25.8 Å². The molecule has 0 bridgehead atoms. The monoisotopic (exact) mass is 244 g/mol. The van der Waals surface area contributed by atoms with Crippen LogP contribution in [0.2, 0.25) is 0 Å². The molecule has 0 aromatic heterocycles. The van der Waals surface area contributed by atoms with Gasteiger partial charge in [-0.3, -0.25) is 4.79 Å². The van der Waals surface area contributed by atoms with E-state index in [1.807, 2.05) is 0 Å². The van der Waals surface area contributed by atoms with Crippen molar-refractivity contribution in [1.29, 1.82) is 0 Å². The van der Waals surface area contributed by atoms with E-state index in [0.29, 0.717) is 5.71 Å². The summed E-state index contributed by atoms with van der Waals surface area (Å²) in [4.78, 5) is 26.5. The van der Waals surface area contributed by atoms with E-state index in [1.165, 1.54) is 7.11 Å². The van der Waals surface area contributed by atoms with E-state index in [9.17, 15) is 9.59 Å². The first-order valence-corrected chi connectivity index (χ1v) is 5.10. The molecule has 1 heterocycles. The summed E-state index contributed by atoms with van der Waals surface area (Å²) in [6, 6.07) is -0.776. The highest BCUT2D eigenvalue weighted by atomic mass is 32.1. The maximum Gasteiger partial charge on any atom is 0.334 e. The van der Waals surface area contributed by atoms with Crippen LogP contribution in [-0.2, 0) is 19.1 Å². The fourth-order valence-corrected chi connectivity index (χ4v) is 1.48. The Morgan fingerprint density at radius 1 is 1.56 bits per heavy atom. The summed E-state index contributed by atoms with van der Waals surface area (Å²) in [7, 11) is 1.26. The van der Waals surface area contributed by atoms with Gasteiger partial charge in [-0.2, -0.15) is 0 Å². The van der Waals surface area contributed by atoms with E-state index >= 15 is 0 Å². The Hall–Kier alpha value is -1.50. The van der Waals surface area contributed by atoms with Crippen molar-refractivity contribution in [3.63, 3.8) is 0 Å². The van der Waals surface area contributed by atoms with Crippen LogP contribution in [0.15, 0.2) is 4.99 Å². The predicted molar refractivity (Wildman–Crippen MR) is 60.2 cm³/mol. The van der Waals surface area contributed by atoms with Gasteiger partial charge in [-0.15, -0.1) is 0 Å². The summed E-state index contributed by atoms with van der Waals surface area (Å²) in [5, 5.41) is 2.82. The topological polar surface area (TPSA) is 77.0 Å². The number of methoxy groups -OCH3 is 1. The van der Waals surface area contributed by atoms with Crippen molar-refractivity contribution in [2.45, 2.75) is 19.4 Å². The quantitative estimate of drug-likeness (QED) is 0.545. The fourth-order valence-electron chi connectivity index (χ4n) is 1.25. The highest BCUT2D eigenvalue weighted by molar-refractivity contribution is 7.80. The van der Waals surface area contributed by atoms with Crippen LogP contribution in [0.5, 0.6) is 0 Å². The van der Waals surface area contributed by atoms with Crippen molar-refractivity contribution in [2.24, 2.45) is 4.99 Å². The van der Waals surface area contributed by atoms with E-state index in [4.69, 9.17) is 17.0 Å². The number of hydrogen-bond acceptors (Lipinski definition) is 5. The summed E-state index contributed by atoms with van der Waals surface area (Å²) in [5.41, 5.74) is 0.329. The average Bonchev–Trinajstić information content (AvgIpc) is 2.58. The van der Waals surface area contributed by atoms with E-state index < -0.39 is 18.0 Å². The minimum atomic E-state index is -0.776. The molecule has 0 amide bonds. The maximum atomic E-state index is 11.3. The first kappa shape index (κ1) is 12.6. The highest BCUT2D eigenvalue weighted by Gasteiger charge is 2.32. The second-order valence-electron chi connectivity index (χ2n) is 2.99. The van der Waals surface area contributed by atoms with Crippen LogP contribution < -0.4 is 5.32 Å². The van der Waals surface area contributed by atoms with Gasteiger partial charge in [0.25, 0.3) is 0 Å². The Balaban J connectivity index is 2.68. The predicted octanol–water partition coefficient (Wildman–Crippen LogP) is -0.190. The molecule has 1 unspecified atom stereocenters. The molecular formula is C9H12N2O4S. The molecule has 7 heteroatoms. The Bertz CT molecular complexity index is 353. The second-order valence-corrected chi connectivity index (χ2v) is 3.38. The zero-order valence-corrected chi connectivity index (χ0v) is 9.80. The summed E-state index contributed by atoms with van der Waals surface area (Å²) in [6.07, 6.45) is -0.0687. The minimum absolute atomic E-state index is 0.0687. The van der Waals surface area contributed by atoms with Crippen LogP contribution in [0.1, 0.15) is 13.3 Å². The van der Waals surface area contributed by atoms with Crippen LogP contribution in [0.4, 0.5) is 0 Å². The largest absolute Gasteiger partial charge is 0.467 e. The normalized spacial score (nSPS) is 18.8. The molecule has 0 saturated carbocycles. The highest BCUT2D eigenvalue weighted by Crippen LogP contribution is 2.07. The molecule has 0 aliphatic carbocycles. The van der Waals surface area contributed by atoms with Crippen LogP contribution in [-0.4, -0.2) is 42.5 Å². The first-order chi connectivity index (χ1) is 7.58. The lowest BCUT2D eigenvalue weighted by molar-refractivity contribution is -0.141. The molecule has 0 saturated heterocycles. The van der Waals surface area contributed by atoms with Gasteiger partial charge in [-0.05, 0) is 19.1 Å². The fraction of sp³-hybridized carbons (Fsp3) is 0.556. The third kappa shape index (κ3) is 2.99. The van der Waals surface area contributed by atoms with Gasteiger partial charge in [-0.1, -0.05) is 0 Å². The number of nitrogens with one attached hydrogen (secondary N) is 1. The van der Waals surface area contributed by atoms with E-state index in [0.717, 1.165) is 0 Å². The van der Waals surface area contributed by atoms with Gasteiger partial charge in [-0.25, -0.2) is 9.79 Å². The molecule has 1 atom stereocenters. The third-order valence-corrected chi connectivity index (χ3v) is 2.12. The SMILES string of the molecule is CCOC(=O)CC1=NC(=S)NC1C(=O)OC. The van der Waals surface area contributed by atoms with E-state index in [2.05, 4.69) is 15.0 Å². The summed E-state index contributed by atoms with van der Waals surface area (Å²) < 4.78 is 9.32. The van der Waals surface area contributed by atoms with Crippen molar-refractivity contribution in [2.75, 3.05) is 13.7 Å². The summed E-state index contributed by atoms with van der Waals surface area (Å²) in [6.45, 7) is 1.99. The maximum absolute atomic E-state index is 11.3. The Kier molecular flexibility index (Phi) is 4.36. The molecule has 1 aliphatic heterocycles. The number of ether oxygens (including phenoxy) is 2. The Morgan fingerprint density at radius 3 is 2.81 bits per heavy atom. The number of rotatable bonds is 4. The van der Waals surface area contributed by atoms with Gasteiger partial charge < -0.3 is 14.8 Å². The Morgan fingerprint density at radius 2 is 2.25 bits per heavy atom. The van der Waals surface area contributed by atoms with Crippen LogP contribution in [0.25, 0.3) is 0 Å². The van der Waals surface area contributed by atoms with Gasteiger partial charge in [0.1, 0.15) is 0 Å². The molecule has 0 aromatic carbocycles. The zero-order chi connectivity index (χ0) is 12.1. The van der Waals surface area contributed by atoms with Crippen molar-refractivity contribution in [3.05, 3.63) is 0 Å². The minimum Gasteiger partial charge on any atom is -0.467 e. The van der Waals surface area contributed by atoms with Crippen LogP contribution in [0, 0.1) is 0 Å². The molecule has 0 spiro atoms. The molecule has 0 aromatic rings. The lowest BCUT2D eigenvalue weighted by atomic mass is 10.1. The van der Waals surface area contributed by atoms with E-state index in [1.54, 1.807) is 6.92 Å². The number of esters is 2. The number of nitrogens with zero attached hydrogens (tertiary/aromatic N) is 1. The van der Waals surface area contributed by atoms with Crippen molar-refractivity contribution < 1.29 is 19.1 Å². The lowest BCUT2D eigenvalue weighted by Crippen LogP contribution is -2.41.